The number of alkyl halides is 1. The Morgan fingerprint density at radius 1 is 0.889 bits per heavy atom. The van der Waals surface area contributed by atoms with E-state index in [0.29, 0.717) is 0 Å². The van der Waals surface area contributed by atoms with Gasteiger partial charge in [-0.1, -0.05) is 59.3 Å². The minimum atomic E-state index is -3.13. The number of rotatable bonds is 9. The van der Waals surface area contributed by atoms with Gasteiger partial charge in [0.1, 0.15) is 0 Å². The number of hydrogen-bond donors (Lipinski definition) is 2. The first-order valence-electron chi connectivity index (χ1n) is 7.02. The molecule has 0 aromatic rings. The molecule has 0 saturated heterocycles. The highest BCUT2D eigenvalue weighted by Gasteiger charge is 2.24. The fourth-order valence-corrected chi connectivity index (χ4v) is 2.26. The first kappa shape index (κ1) is 20.8. The van der Waals surface area contributed by atoms with Gasteiger partial charge in [0.25, 0.3) is 0 Å². The van der Waals surface area contributed by atoms with E-state index in [9.17, 15) is 0 Å². The van der Waals surface area contributed by atoms with Crippen LogP contribution in [0.2, 0.25) is 0 Å². The summed E-state index contributed by atoms with van der Waals surface area (Å²) in [6.07, 6.45) is 11.3. The van der Waals surface area contributed by atoms with E-state index in [1.165, 1.54) is 57.8 Å². The average molecular weight is 301 g/mol. The van der Waals surface area contributed by atoms with Gasteiger partial charge in [0.2, 0.25) is 0 Å². The Kier molecular flexibility index (Phi) is 16.0. The van der Waals surface area contributed by atoms with Gasteiger partial charge < -0.3 is 9.79 Å². The van der Waals surface area contributed by atoms with Crippen LogP contribution >= 0.6 is 19.9 Å². The summed E-state index contributed by atoms with van der Waals surface area (Å²) in [5, 5.41) is 0. The van der Waals surface area contributed by atoms with E-state index in [-0.39, 0.29) is 4.87 Å². The van der Waals surface area contributed by atoms with Gasteiger partial charge in [0.05, 0.1) is 0 Å². The Morgan fingerprint density at radius 2 is 1.11 bits per heavy atom. The summed E-state index contributed by atoms with van der Waals surface area (Å²) in [6, 6.07) is 0. The lowest BCUT2D eigenvalue weighted by Crippen LogP contribution is -2.21. The maximum Gasteiger partial charge on any atom is 0.314 e. The molecule has 2 N–H and O–H groups in total. The van der Waals surface area contributed by atoms with Crippen LogP contribution in [0.1, 0.15) is 78.6 Å². The lowest BCUT2D eigenvalue weighted by Gasteiger charge is -2.27. The van der Waals surface area contributed by atoms with Crippen LogP contribution in [-0.2, 0) is 4.57 Å². The maximum absolute atomic E-state index is 8.74. The predicted molar refractivity (Wildman–Crippen MR) is 80.6 cm³/mol. The van der Waals surface area contributed by atoms with Gasteiger partial charge in [-0.15, -0.1) is 11.6 Å². The molecule has 0 amide bonds. The molecule has 0 rings (SSSR count). The standard InChI is InChI=1S/C13H27Cl.H3O3P/c1-4-7-10-13(14,11-8-5-2)12-9-6-3;1-4(2)3/h4-12H2,1-3H3;4H,(H2,1,2,3). The second-order valence-corrected chi connectivity index (χ2v) is 6.11. The van der Waals surface area contributed by atoms with E-state index in [4.69, 9.17) is 26.0 Å². The molecule has 0 aliphatic carbocycles. The molecule has 0 fully saturated rings. The highest BCUT2D eigenvalue weighted by Crippen LogP contribution is 2.33. The molecule has 0 radical (unpaired) electrons. The molecule has 0 atom stereocenters. The fourth-order valence-electron chi connectivity index (χ4n) is 1.86. The molecular formula is C13H30ClO3P. The third-order valence-corrected chi connectivity index (χ3v) is 3.50. The van der Waals surface area contributed by atoms with Gasteiger partial charge in [0, 0.05) is 4.87 Å². The zero-order chi connectivity index (χ0) is 14.4. The lowest BCUT2D eigenvalue weighted by molar-refractivity contribution is 0.405. The van der Waals surface area contributed by atoms with E-state index in [0.717, 1.165) is 0 Å². The van der Waals surface area contributed by atoms with Crippen LogP contribution in [0, 0.1) is 0 Å². The second-order valence-electron chi connectivity index (χ2n) is 4.74. The van der Waals surface area contributed by atoms with Crippen LogP contribution in [0.3, 0.4) is 0 Å². The Balaban J connectivity index is 0. The van der Waals surface area contributed by atoms with Crippen molar-refractivity contribution >= 4 is 19.9 Å². The normalized spacial score (nSPS) is 11.3. The smallest absolute Gasteiger partial charge is 0.314 e. The zero-order valence-electron chi connectivity index (χ0n) is 12.0. The average Bonchev–Trinajstić information content (AvgIpc) is 2.31. The number of hydrogen-bond acceptors (Lipinski definition) is 1. The minimum Gasteiger partial charge on any atom is -0.326 e. The molecule has 0 unspecified atom stereocenters. The third kappa shape index (κ3) is 16.4. The van der Waals surface area contributed by atoms with Gasteiger partial charge in [-0.3, -0.25) is 4.57 Å². The lowest BCUT2D eigenvalue weighted by atomic mass is 9.90. The molecule has 0 heterocycles. The molecule has 18 heavy (non-hydrogen) atoms. The first-order chi connectivity index (χ1) is 8.41. The molecular weight excluding hydrogens is 271 g/mol. The van der Waals surface area contributed by atoms with Crippen molar-refractivity contribution in [3.63, 3.8) is 0 Å². The summed E-state index contributed by atoms with van der Waals surface area (Å²) in [7, 11) is -3.13. The van der Waals surface area contributed by atoms with Crippen LogP contribution < -0.4 is 0 Å². The molecule has 5 heteroatoms. The highest BCUT2D eigenvalue weighted by molar-refractivity contribution is 7.30. The maximum atomic E-state index is 8.74. The Labute approximate surface area is 118 Å². The molecule has 0 bridgehead atoms. The summed E-state index contributed by atoms with van der Waals surface area (Å²) in [5.41, 5.74) is 0. The molecule has 0 saturated carbocycles. The van der Waals surface area contributed by atoms with Gasteiger partial charge in [-0.05, 0) is 19.3 Å². The van der Waals surface area contributed by atoms with Crippen molar-refractivity contribution in [1.29, 1.82) is 0 Å². The molecule has 0 aromatic carbocycles. The summed E-state index contributed by atoms with van der Waals surface area (Å²) < 4.78 is 8.74. The van der Waals surface area contributed by atoms with Gasteiger partial charge >= 0.3 is 8.25 Å². The van der Waals surface area contributed by atoms with Crippen LogP contribution in [-0.4, -0.2) is 14.7 Å². The summed E-state index contributed by atoms with van der Waals surface area (Å²) >= 11 is 6.68. The SMILES string of the molecule is CCCCC(Cl)(CCCC)CCCC.O=[PH](O)O. The first-order valence-corrected chi connectivity index (χ1v) is 8.70. The van der Waals surface area contributed by atoms with Gasteiger partial charge in [-0.25, -0.2) is 0 Å². The quantitative estimate of drug-likeness (QED) is 0.470. The van der Waals surface area contributed by atoms with Crippen LogP contribution in [0.25, 0.3) is 0 Å². The molecule has 0 aliphatic rings. The van der Waals surface area contributed by atoms with Crippen LogP contribution in [0.4, 0.5) is 0 Å². The summed E-state index contributed by atoms with van der Waals surface area (Å²) in [4.78, 5) is 14.4. The summed E-state index contributed by atoms with van der Waals surface area (Å²) in [6.45, 7) is 6.74. The molecule has 0 aromatic heterocycles. The van der Waals surface area contributed by atoms with Crippen molar-refractivity contribution in [2.75, 3.05) is 0 Å². The van der Waals surface area contributed by atoms with Crippen LogP contribution in [0.15, 0.2) is 0 Å². The van der Waals surface area contributed by atoms with E-state index in [1.54, 1.807) is 0 Å². The Bertz CT molecular complexity index is 175. The van der Waals surface area contributed by atoms with Crippen molar-refractivity contribution in [3.05, 3.63) is 0 Å². The van der Waals surface area contributed by atoms with E-state index in [1.807, 2.05) is 0 Å². The van der Waals surface area contributed by atoms with Crippen molar-refractivity contribution in [2.45, 2.75) is 83.4 Å². The number of unbranched alkanes of at least 4 members (excludes halogenated alkanes) is 3. The minimum absolute atomic E-state index is 0.127. The molecule has 0 spiro atoms. The van der Waals surface area contributed by atoms with Crippen molar-refractivity contribution in [1.82, 2.24) is 0 Å². The molecule has 3 nitrogen and oxygen atoms in total. The third-order valence-electron chi connectivity index (χ3n) is 2.94. The van der Waals surface area contributed by atoms with E-state index >= 15 is 0 Å². The van der Waals surface area contributed by atoms with Crippen molar-refractivity contribution in [3.8, 4) is 0 Å². The summed E-state index contributed by atoms with van der Waals surface area (Å²) in [5.74, 6) is 0. The second kappa shape index (κ2) is 13.9. The Morgan fingerprint density at radius 3 is 1.28 bits per heavy atom. The Hall–Kier alpha value is 0.440. The number of halogens is 1. The highest BCUT2D eigenvalue weighted by atomic mass is 35.5. The molecule has 0 aliphatic heterocycles. The zero-order valence-corrected chi connectivity index (χ0v) is 13.8. The largest absolute Gasteiger partial charge is 0.326 e. The van der Waals surface area contributed by atoms with E-state index in [2.05, 4.69) is 20.8 Å². The van der Waals surface area contributed by atoms with E-state index < -0.39 is 8.25 Å². The monoisotopic (exact) mass is 300 g/mol. The predicted octanol–water partition coefficient (Wildman–Crippen LogP) is 4.90. The molecule has 112 valence electrons. The topological polar surface area (TPSA) is 57.5 Å². The van der Waals surface area contributed by atoms with Crippen LogP contribution in [0.5, 0.6) is 0 Å². The van der Waals surface area contributed by atoms with Crippen molar-refractivity contribution in [2.24, 2.45) is 0 Å². The van der Waals surface area contributed by atoms with Gasteiger partial charge in [0.15, 0.2) is 0 Å². The fraction of sp³-hybridized carbons (Fsp3) is 1.00. The van der Waals surface area contributed by atoms with Crippen molar-refractivity contribution < 1.29 is 14.4 Å². The van der Waals surface area contributed by atoms with Gasteiger partial charge in [-0.2, -0.15) is 0 Å².